The zero-order valence-corrected chi connectivity index (χ0v) is 12.2. The number of aliphatic hydroxyl groups is 1. The van der Waals surface area contributed by atoms with Crippen molar-refractivity contribution >= 4 is 0 Å². The van der Waals surface area contributed by atoms with Crippen molar-refractivity contribution in [1.82, 2.24) is 0 Å². The average Bonchev–Trinajstić information content (AvgIpc) is 2.85. The van der Waals surface area contributed by atoms with Crippen LogP contribution in [0, 0.1) is 20.8 Å². The van der Waals surface area contributed by atoms with Crippen molar-refractivity contribution in [2.45, 2.75) is 33.3 Å². The molecule has 2 heteroatoms. The van der Waals surface area contributed by atoms with E-state index in [4.69, 9.17) is 4.74 Å². The predicted molar refractivity (Wildman–Crippen MR) is 80.4 cm³/mol. The highest BCUT2D eigenvalue weighted by molar-refractivity contribution is 5.50. The third-order valence-corrected chi connectivity index (χ3v) is 4.05. The van der Waals surface area contributed by atoms with E-state index >= 15 is 0 Å². The first kappa shape index (κ1) is 13.2. The Bertz CT molecular complexity index is 635. The fourth-order valence-electron chi connectivity index (χ4n) is 3.23. The molecule has 0 radical (unpaired) electrons. The van der Waals surface area contributed by atoms with Gasteiger partial charge < -0.3 is 9.84 Å². The molecule has 1 atom stereocenters. The molecule has 0 aromatic heterocycles. The summed E-state index contributed by atoms with van der Waals surface area (Å²) in [6.07, 6.45) is 0.311. The number of aliphatic hydroxyl groups excluding tert-OH is 1. The van der Waals surface area contributed by atoms with Gasteiger partial charge in [-0.2, -0.15) is 0 Å². The molecule has 20 heavy (non-hydrogen) atoms. The highest BCUT2D eigenvalue weighted by atomic mass is 16.5. The van der Waals surface area contributed by atoms with Crippen molar-refractivity contribution in [3.8, 4) is 5.75 Å². The van der Waals surface area contributed by atoms with E-state index in [-0.39, 0.29) is 0 Å². The Morgan fingerprint density at radius 3 is 2.50 bits per heavy atom. The summed E-state index contributed by atoms with van der Waals surface area (Å²) >= 11 is 0. The van der Waals surface area contributed by atoms with Crippen molar-refractivity contribution in [2.24, 2.45) is 0 Å². The predicted octanol–water partition coefficient (Wildman–Crippen LogP) is 3.63. The Morgan fingerprint density at radius 1 is 1.10 bits per heavy atom. The van der Waals surface area contributed by atoms with Crippen molar-refractivity contribution in [2.75, 3.05) is 6.61 Å². The van der Waals surface area contributed by atoms with Crippen molar-refractivity contribution in [1.29, 1.82) is 0 Å². The van der Waals surface area contributed by atoms with Gasteiger partial charge in [0, 0.05) is 12.0 Å². The Balaban J connectivity index is 2.10. The van der Waals surface area contributed by atoms with Gasteiger partial charge in [0.25, 0.3) is 0 Å². The van der Waals surface area contributed by atoms with E-state index in [1.54, 1.807) is 0 Å². The number of hydrogen-bond acceptors (Lipinski definition) is 2. The molecule has 0 amide bonds. The molecule has 0 spiro atoms. The van der Waals surface area contributed by atoms with Gasteiger partial charge in [0.2, 0.25) is 0 Å². The number of hydrogen-bond donors (Lipinski definition) is 1. The number of para-hydroxylation sites is 1. The van der Waals surface area contributed by atoms with Gasteiger partial charge in [-0.15, -0.1) is 0 Å². The molecule has 1 aliphatic heterocycles. The Kier molecular flexibility index (Phi) is 3.27. The molecule has 3 rings (SSSR count). The van der Waals surface area contributed by atoms with E-state index in [2.05, 4.69) is 39.0 Å². The van der Waals surface area contributed by atoms with E-state index < -0.39 is 6.10 Å². The highest BCUT2D eigenvalue weighted by Gasteiger charge is 2.23. The molecule has 1 unspecified atom stereocenters. The van der Waals surface area contributed by atoms with Crippen LogP contribution in [0.1, 0.15) is 39.5 Å². The topological polar surface area (TPSA) is 29.5 Å². The van der Waals surface area contributed by atoms with Gasteiger partial charge in [-0.3, -0.25) is 0 Å². The Labute approximate surface area is 120 Å². The molecule has 1 aliphatic rings. The molecule has 0 bridgehead atoms. The van der Waals surface area contributed by atoms with Crippen molar-refractivity contribution in [3.63, 3.8) is 0 Å². The molecule has 104 valence electrons. The van der Waals surface area contributed by atoms with E-state index in [0.29, 0.717) is 6.61 Å². The van der Waals surface area contributed by atoms with Gasteiger partial charge in [0.05, 0.1) is 6.61 Å². The fraction of sp³-hybridized carbons (Fsp3) is 0.333. The van der Waals surface area contributed by atoms with Crippen LogP contribution in [0.25, 0.3) is 0 Å². The van der Waals surface area contributed by atoms with Gasteiger partial charge in [0.1, 0.15) is 11.9 Å². The SMILES string of the molecule is Cc1cc(C)c(C(O)c2cccc3c2OCC3)c(C)c1. The van der Waals surface area contributed by atoms with Crippen LogP contribution in [0.2, 0.25) is 0 Å². The van der Waals surface area contributed by atoms with Crippen LogP contribution in [-0.2, 0) is 6.42 Å². The molecule has 0 fully saturated rings. The summed E-state index contributed by atoms with van der Waals surface area (Å²) in [5.41, 5.74) is 6.57. The fourth-order valence-corrected chi connectivity index (χ4v) is 3.23. The summed E-state index contributed by atoms with van der Waals surface area (Å²) in [7, 11) is 0. The summed E-state index contributed by atoms with van der Waals surface area (Å²) in [5.74, 6) is 0.874. The minimum atomic E-state index is -0.622. The van der Waals surface area contributed by atoms with Crippen LogP contribution >= 0.6 is 0 Å². The molecule has 1 N–H and O–H groups in total. The van der Waals surface area contributed by atoms with Crippen LogP contribution in [0.5, 0.6) is 5.75 Å². The lowest BCUT2D eigenvalue weighted by Crippen LogP contribution is -2.06. The second kappa shape index (κ2) is 4.95. The number of ether oxygens (including phenoxy) is 1. The molecule has 0 aliphatic carbocycles. The third kappa shape index (κ3) is 2.10. The first-order valence-electron chi connectivity index (χ1n) is 7.08. The van der Waals surface area contributed by atoms with Gasteiger partial charge >= 0.3 is 0 Å². The summed E-state index contributed by atoms with van der Waals surface area (Å²) < 4.78 is 5.72. The summed E-state index contributed by atoms with van der Waals surface area (Å²) in [4.78, 5) is 0. The van der Waals surface area contributed by atoms with Crippen LogP contribution in [0.4, 0.5) is 0 Å². The molecule has 2 nitrogen and oxygen atoms in total. The Hall–Kier alpha value is -1.80. The summed E-state index contributed by atoms with van der Waals surface area (Å²) in [5, 5.41) is 10.8. The molecule has 2 aromatic carbocycles. The maximum atomic E-state index is 10.8. The smallest absolute Gasteiger partial charge is 0.128 e. The van der Waals surface area contributed by atoms with Gasteiger partial charge in [-0.05, 0) is 43.0 Å². The average molecular weight is 268 g/mol. The molecular formula is C18H20O2. The normalized spacial score (nSPS) is 14.8. The lowest BCUT2D eigenvalue weighted by Gasteiger charge is -2.19. The van der Waals surface area contributed by atoms with Gasteiger partial charge in [-0.25, -0.2) is 0 Å². The number of rotatable bonds is 2. The van der Waals surface area contributed by atoms with Gasteiger partial charge in [-0.1, -0.05) is 35.9 Å². The lowest BCUT2D eigenvalue weighted by molar-refractivity contribution is 0.212. The van der Waals surface area contributed by atoms with Crippen LogP contribution in [-0.4, -0.2) is 11.7 Å². The molecule has 2 aromatic rings. The van der Waals surface area contributed by atoms with E-state index in [1.165, 1.54) is 11.1 Å². The van der Waals surface area contributed by atoms with Crippen LogP contribution < -0.4 is 4.74 Å². The van der Waals surface area contributed by atoms with Gasteiger partial charge in [0.15, 0.2) is 0 Å². The second-order valence-corrected chi connectivity index (χ2v) is 5.65. The summed E-state index contributed by atoms with van der Waals surface area (Å²) in [6.45, 7) is 6.91. The van der Waals surface area contributed by atoms with E-state index in [9.17, 15) is 5.11 Å². The number of benzene rings is 2. The highest BCUT2D eigenvalue weighted by Crippen LogP contribution is 2.38. The summed E-state index contributed by atoms with van der Waals surface area (Å²) in [6, 6.07) is 10.3. The minimum absolute atomic E-state index is 0.622. The maximum absolute atomic E-state index is 10.8. The molecule has 0 saturated carbocycles. The first-order chi connectivity index (χ1) is 9.58. The molecular weight excluding hydrogens is 248 g/mol. The van der Waals surface area contributed by atoms with E-state index in [1.807, 2.05) is 12.1 Å². The zero-order chi connectivity index (χ0) is 14.3. The van der Waals surface area contributed by atoms with Crippen LogP contribution in [0.15, 0.2) is 30.3 Å². The lowest BCUT2D eigenvalue weighted by atomic mass is 9.91. The van der Waals surface area contributed by atoms with Crippen LogP contribution in [0.3, 0.4) is 0 Å². The first-order valence-corrected chi connectivity index (χ1v) is 7.08. The zero-order valence-electron chi connectivity index (χ0n) is 12.2. The maximum Gasteiger partial charge on any atom is 0.128 e. The number of aryl methyl sites for hydroxylation is 3. The molecule has 1 heterocycles. The second-order valence-electron chi connectivity index (χ2n) is 5.65. The monoisotopic (exact) mass is 268 g/mol. The van der Waals surface area contributed by atoms with Crippen molar-refractivity contribution < 1.29 is 9.84 Å². The quantitative estimate of drug-likeness (QED) is 0.901. The minimum Gasteiger partial charge on any atom is -0.493 e. The standard InChI is InChI=1S/C18H20O2/c1-11-9-12(2)16(13(3)10-11)17(19)15-6-4-5-14-7-8-20-18(14)15/h4-6,9-10,17,19H,7-8H2,1-3H3. The Morgan fingerprint density at radius 2 is 1.80 bits per heavy atom. The third-order valence-electron chi connectivity index (χ3n) is 4.05. The number of fused-ring (bicyclic) bond motifs is 1. The van der Waals surface area contributed by atoms with Crippen molar-refractivity contribution in [3.05, 3.63) is 63.7 Å². The van der Waals surface area contributed by atoms with E-state index in [0.717, 1.165) is 34.4 Å². The molecule has 0 saturated heterocycles. The largest absolute Gasteiger partial charge is 0.493 e.